The highest BCUT2D eigenvalue weighted by Gasteiger charge is 2.47. The van der Waals surface area contributed by atoms with E-state index < -0.39 is 67.4 Å². The van der Waals surface area contributed by atoms with Crippen molar-refractivity contribution in [2.45, 2.75) is 301 Å². The number of hydrogen-bond acceptors (Lipinski definition) is 10. The van der Waals surface area contributed by atoms with Crippen LogP contribution >= 0.6 is 0 Å². The Labute approximate surface area is 475 Å². The second-order valence-electron chi connectivity index (χ2n) is 21.5. The lowest BCUT2D eigenvalue weighted by atomic mass is 9.99. The average Bonchev–Trinajstić information content (AvgIpc) is 3.44. The first-order chi connectivity index (χ1) is 38.2. The molecule has 1 aliphatic rings. The maximum absolute atomic E-state index is 13.4. The number of carbonyl (C=O) groups excluding carboxylic acids is 2. The summed E-state index contributed by atoms with van der Waals surface area (Å²) in [7, 11) is 0. The van der Waals surface area contributed by atoms with Crippen molar-refractivity contribution in [3.8, 4) is 0 Å². The van der Waals surface area contributed by atoms with Crippen LogP contribution in [0.1, 0.15) is 252 Å². The van der Waals surface area contributed by atoms with Crippen LogP contribution in [0, 0.1) is 0 Å². The molecular weight excluding hydrogens is 979 g/mol. The summed E-state index contributed by atoms with van der Waals surface area (Å²) in [5, 5.41) is 56.9. The van der Waals surface area contributed by atoms with Gasteiger partial charge in [0.15, 0.2) is 12.4 Å². The van der Waals surface area contributed by atoms with E-state index in [4.69, 9.17) is 14.2 Å². The molecule has 0 aromatic rings. The van der Waals surface area contributed by atoms with Gasteiger partial charge in [0.05, 0.1) is 25.4 Å². The summed E-state index contributed by atoms with van der Waals surface area (Å²) in [4.78, 5) is 26.5. The molecule has 0 aliphatic carbocycles. The van der Waals surface area contributed by atoms with Crippen molar-refractivity contribution in [1.29, 1.82) is 0 Å². The van der Waals surface area contributed by atoms with Crippen molar-refractivity contribution in [2.75, 3.05) is 13.2 Å². The average molecular weight is 1090 g/mol. The first kappa shape index (κ1) is 72.6. The van der Waals surface area contributed by atoms with E-state index in [2.05, 4.69) is 74.7 Å². The first-order valence-electron chi connectivity index (χ1n) is 31.6. The molecule has 8 unspecified atom stereocenters. The molecule has 1 rings (SSSR count). The summed E-state index contributed by atoms with van der Waals surface area (Å²) in [5.41, 5.74) is 0. The Morgan fingerprint density at radius 3 is 1.53 bits per heavy atom. The minimum absolute atomic E-state index is 0.0735. The number of esters is 1. The molecule has 448 valence electrons. The zero-order valence-corrected chi connectivity index (χ0v) is 49.5. The molecule has 1 fully saturated rings. The van der Waals surface area contributed by atoms with E-state index in [0.717, 1.165) is 83.5 Å². The van der Waals surface area contributed by atoms with Gasteiger partial charge in [0.25, 0.3) is 0 Å². The van der Waals surface area contributed by atoms with Crippen molar-refractivity contribution in [2.24, 2.45) is 0 Å². The molecule has 11 heteroatoms. The predicted molar refractivity (Wildman–Crippen MR) is 324 cm³/mol. The molecule has 1 heterocycles. The van der Waals surface area contributed by atoms with Crippen LogP contribution in [0.2, 0.25) is 0 Å². The van der Waals surface area contributed by atoms with Crippen LogP contribution in [0.15, 0.2) is 97.2 Å². The van der Waals surface area contributed by atoms with E-state index in [9.17, 15) is 35.1 Å². The molecule has 0 aromatic carbocycles. The monoisotopic (exact) mass is 1090 g/mol. The lowest BCUT2D eigenvalue weighted by molar-refractivity contribution is -0.305. The van der Waals surface area contributed by atoms with Crippen LogP contribution in [-0.2, 0) is 23.8 Å². The second-order valence-corrected chi connectivity index (χ2v) is 21.5. The fourth-order valence-corrected chi connectivity index (χ4v) is 9.32. The van der Waals surface area contributed by atoms with Crippen LogP contribution in [-0.4, -0.2) is 99.6 Å². The number of rotatable bonds is 52. The van der Waals surface area contributed by atoms with Crippen molar-refractivity contribution in [1.82, 2.24) is 5.32 Å². The fourth-order valence-electron chi connectivity index (χ4n) is 9.32. The van der Waals surface area contributed by atoms with Crippen molar-refractivity contribution in [3.05, 3.63) is 97.2 Å². The van der Waals surface area contributed by atoms with Gasteiger partial charge in [0, 0.05) is 6.42 Å². The van der Waals surface area contributed by atoms with Gasteiger partial charge < -0.3 is 45.1 Å². The van der Waals surface area contributed by atoms with Crippen molar-refractivity contribution >= 4 is 11.9 Å². The van der Waals surface area contributed by atoms with Crippen molar-refractivity contribution < 1.29 is 49.3 Å². The standard InChI is InChI=1S/C67H115NO10/c1-4-7-10-13-16-19-22-25-26-27-28-29-30-31-32-33-34-35-37-39-42-45-48-51-54-60(71)66(75)68-58(59(70)53-50-47-44-41-38-24-21-18-15-12-9-6-3)57-76-67-65(64(74)63(73)61(56-69)77-67)78-62(72)55-52-49-46-43-40-36-23-20-17-14-11-8-5-2/h8,11,14,16-17,19-20,23,25-26,28-29,36,40,50,53,58-61,63-65,67,69-71,73-74H,4-7,9-10,12-13,15,18,21-22,24,27,30-35,37-39,41-49,51-52,54-57H2,1-3H3,(H,68,75)/b11-8+,17-14+,19-16-,23-20-,26-25-,29-28-,40-36-,53-50+. The number of aliphatic hydroxyl groups is 5. The zero-order valence-electron chi connectivity index (χ0n) is 49.5. The normalized spacial score (nSPS) is 19.6. The van der Waals surface area contributed by atoms with Crippen LogP contribution in [0.25, 0.3) is 0 Å². The van der Waals surface area contributed by atoms with E-state index in [-0.39, 0.29) is 19.4 Å². The molecule has 1 amide bonds. The van der Waals surface area contributed by atoms with E-state index in [1.165, 1.54) is 122 Å². The number of nitrogens with one attached hydrogen (secondary N) is 1. The Balaban J connectivity index is 2.64. The number of unbranched alkanes of at least 4 members (excludes halogenated alkanes) is 27. The van der Waals surface area contributed by atoms with Gasteiger partial charge in [-0.3, -0.25) is 9.59 Å². The van der Waals surface area contributed by atoms with Crippen LogP contribution in [0.5, 0.6) is 0 Å². The minimum Gasteiger partial charge on any atom is -0.454 e. The molecular formula is C67H115NO10. The number of allylic oxidation sites excluding steroid dienone is 15. The Kier molecular flexibility index (Phi) is 50.4. The third kappa shape index (κ3) is 41.6. The molecule has 0 radical (unpaired) electrons. The Morgan fingerprint density at radius 1 is 0.526 bits per heavy atom. The molecule has 6 N–H and O–H groups in total. The highest BCUT2D eigenvalue weighted by Crippen LogP contribution is 2.26. The molecule has 0 saturated carbocycles. The molecule has 0 bridgehead atoms. The largest absolute Gasteiger partial charge is 0.454 e. The molecule has 1 aliphatic heterocycles. The second kappa shape index (κ2) is 54.2. The SMILES string of the molecule is CC/C=C/C=C/C=C\C=C/CCCCCC(=O)OC1C(OCC(NC(=O)C(O)CCCCCCCCCCCCC/C=C\C/C=C\C/C=C\CCCCC)C(O)/C=C/CCCCCCCCCCCC)OC(CO)C(O)C1O. The quantitative estimate of drug-likeness (QED) is 0.0149. The first-order valence-corrected chi connectivity index (χ1v) is 31.6. The van der Waals surface area contributed by atoms with Gasteiger partial charge >= 0.3 is 5.97 Å². The number of aliphatic hydroxyl groups excluding tert-OH is 5. The summed E-state index contributed by atoms with van der Waals surface area (Å²) in [5.74, 6) is -1.24. The summed E-state index contributed by atoms with van der Waals surface area (Å²) < 4.78 is 17.6. The van der Waals surface area contributed by atoms with E-state index in [1.807, 2.05) is 42.5 Å². The highest BCUT2D eigenvalue weighted by atomic mass is 16.7. The van der Waals surface area contributed by atoms with Crippen LogP contribution < -0.4 is 5.32 Å². The third-order valence-corrected chi connectivity index (χ3v) is 14.3. The number of hydrogen-bond donors (Lipinski definition) is 6. The highest BCUT2D eigenvalue weighted by molar-refractivity contribution is 5.80. The molecule has 11 nitrogen and oxygen atoms in total. The molecule has 0 spiro atoms. The number of carbonyl (C=O) groups is 2. The van der Waals surface area contributed by atoms with Gasteiger partial charge in [-0.05, 0) is 83.5 Å². The van der Waals surface area contributed by atoms with Crippen LogP contribution in [0.4, 0.5) is 0 Å². The molecule has 1 saturated heterocycles. The van der Waals surface area contributed by atoms with Gasteiger partial charge in [-0.2, -0.15) is 0 Å². The summed E-state index contributed by atoms with van der Waals surface area (Å²) in [6, 6.07) is -1.04. The number of amides is 1. The zero-order chi connectivity index (χ0) is 56.8. The van der Waals surface area contributed by atoms with Gasteiger partial charge in [-0.25, -0.2) is 0 Å². The van der Waals surface area contributed by atoms with E-state index in [0.29, 0.717) is 12.8 Å². The van der Waals surface area contributed by atoms with E-state index in [1.54, 1.807) is 6.08 Å². The topological polar surface area (TPSA) is 175 Å². The van der Waals surface area contributed by atoms with Gasteiger partial charge in [0.1, 0.15) is 24.4 Å². The summed E-state index contributed by atoms with van der Waals surface area (Å²) >= 11 is 0. The Hall–Kier alpha value is -3.42. The predicted octanol–water partition coefficient (Wildman–Crippen LogP) is 15.1. The fraction of sp³-hybridized carbons (Fsp3) is 0.731. The smallest absolute Gasteiger partial charge is 0.306 e. The van der Waals surface area contributed by atoms with Gasteiger partial charge in [-0.15, -0.1) is 0 Å². The minimum atomic E-state index is -1.63. The van der Waals surface area contributed by atoms with Crippen LogP contribution in [0.3, 0.4) is 0 Å². The molecule has 8 atom stereocenters. The summed E-state index contributed by atoms with van der Waals surface area (Å²) in [6.45, 7) is 5.59. The maximum Gasteiger partial charge on any atom is 0.306 e. The number of ether oxygens (including phenoxy) is 3. The molecule has 0 aromatic heterocycles. The van der Waals surface area contributed by atoms with Gasteiger partial charge in [0.2, 0.25) is 5.91 Å². The molecule has 78 heavy (non-hydrogen) atoms. The summed E-state index contributed by atoms with van der Waals surface area (Å²) in [6.07, 6.45) is 61.7. The lowest BCUT2D eigenvalue weighted by Gasteiger charge is -2.41. The Morgan fingerprint density at radius 2 is 0.974 bits per heavy atom. The van der Waals surface area contributed by atoms with Gasteiger partial charge in [-0.1, -0.05) is 259 Å². The lowest BCUT2D eigenvalue weighted by Crippen LogP contribution is -2.61. The third-order valence-electron chi connectivity index (χ3n) is 14.3. The van der Waals surface area contributed by atoms with Crippen molar-refractivity contribution in [3.63, 3.8) is 0 Å². The maximum atomic E-state index is 13.4. The Bertz CT molecular complexity index is 1630. The van der Waals surface area contributed by atoms with E-state index >= 15 is 0 Å².